The van der Waals surface area contributed by atoms with Crippen LogP contribution in [-0.2, 0) is 16.1 Å². The van der Waals surface area contributed by atoms with Gasteiger partial charge in [0, 0.05) is 36.4 Å². The van der Waals surface area contributed by atoms with Crippen LogP contribution in [0.4, 0.5) is 0 Å². The van der Waals surface area contributed by atoms with Gasteiger partial charge in [0.2, 0.25) is 11.8 Å². The molecule has 2 heterocycles. The molecule has 0 bridgehead atoms. The van der Waals surface area contributed by atoms with Crippen molar-refractivity contribution in [1.82, 2.24) is 15.2 Å². The average molecular weight is 354 g/mol. The number of aromatic nitrogens is 1. The second kappa shape index (κ2) is 6.13. The van der Waals surface area contributed by atoms with E-state index in [1.165, 1.54) is 0 Å². The van der Waals surface area contributed by atoms with Crippen LogP contribution in [0.5, 0.6) is 0 Å². The number of amides is 2. The van der Waals surface area contributed by atoms with Crippen molar-refractivity contribution in [2.45, 2.75) is 39.8 Å². The summed E-state index contributed by atoms with van der Waals surface area (Å²) in [4.78, 5) is 30.4. The number of carbonyl (C=O) groups is 2. The van der Waals surface area contributed by atoms with Crippen LogP contribution < -0.4 is 5.32 Å². The van der Waals surface area contributed by atoms with Crippen molar-refractivity contribution in [3.8, 4) is 0 Å². The van der Waals surface area contributed by atoms with E-state index in [-0.39, 0.29) is 17.2 Å². The Labute approximate surface area is 133 Å². The number of hydrogen-bond donors (Lipinski definition) is 1. The summed E-state index contributed by atoms with van der Waals surface area (Å²) in [7, 11) is 0. The molecule has 1 aromatic rings. The minimum Gasteiger partial charge on any atom is -0.344 e. The third-order valence-electron chi connectivity index (χ3n) is 3.47. The summed E-state index contributed by atoms with van der Waals surface area (Å²) < 4.78 is 0.879. The molecule has 1 aliphatic rings. The van der Waals surface area contributed by atoms with Crippen LogP contribution in [0.2, 0.25) is 0 Å². The lowest BCUT2D eigenvalue weighted by Crippen LogP contribution is -2.51. The van der Waals surface area contributed by atoms with Crippen molar-refractivity contribution in [3.63, 3.8) is 0 Å². The maximum absolute atomic E-state index is 12.7. The Morgan fingerprint density at radius 1 is 1.38 bits per heavy atom. The van der Waals surface area contributed by atoms with E-state index in [2.05, 4.69) is 26.2 Å². The molecule has 0 saturated carbocycles. The van der Waals surface area contributed by atoms with Gasteiger partial charge in [-0.3, -0.25) is 14.6 Å². The van der Waals surface area contributed by atoms with E-state index >= 15 is 0 Å². The molecule has 1 saturated heterocycles. The molecule has 1 unspecified atom stereocenters. The highest BCUT2D eigenvalue weighted by molar-refractivity contribution is 9.10. The van der Waals surface area contributed by atoms with Gasteiger partial charge in [-0.15, -0.1) is 0 Å². The summed E-state index contributed by atoms with van der Waals surface area (Å²) in [5.74, 6) is -0.105. The Morgan fingerprint density at radius 3 is 2.71 bits per heavy atom. The molecule has 6 heteroatoms. The minimum absolute atomic E-state index is 0.0340. The molecule has 0 radical (unpaired) electrons. The maximum atomic E-state index is 12.7. The van der Waals surface area contributed by atoms with Gasteiger partial charge in [-0.05, 0) is 33.0 Å². The first-order valence-electron chi connectivity index (χ1n) is 6.95. The summed E-state index contributed by atoms with van der Waals surface area (Å²) in [5, 5.41) is 2.84. The highest BCUT2D eigenvalue weighted by Crippen LogP contribution is 2.24. The fourth-order valence-corrected chi connectivity index (χ4v) is 2.74. The molecule has 5 nitrogen and oxygen atoms in total. The van der Waals surface area contributed by atoms with Crippen molar-refractivity contribution in [1.29, 1.82) is 0 Å². The molecular weight excluding hydrogens is 334 g/mol. The summed E-state index contributed by atoms with van der Waals surface area (Å²) in [6, 6.07) is 1.44. The first-order valence-corrected chi connectivity index (χ1v) is 7.74. The summed E-state index contributed by atoms with van der Waals surface area (Å²) in [5.41, 5.74) is 0.630. The fourth-order valence-electron chi connectivity index (χ4n) is 2.33. The summed E-state index contributed by atoms with van der Waals surface area (Å²) in [6.45, 7) is 6.77. The standard InChI is InChI=1S/C15H20BrN3O2/c1-15(2,3)13-14(21)19(5-4-12(20)18-13)9-10-6-11(16)8-17-7-10/h6-8,13H,4-5,9H2,1-3H3,(H,18,20). The number of carbonyl (C=O) groups excluding carboxylic acids is 2. The van der Waals surface area contributed by atoms with Gasteiger partial charge in [0.1, 0.15) is 6.04 Å². The quantitative estimate of drug-likeness (QED) is 0.885. The van der Waals surface area contributed by atoms with Crippen LogP contribution in [0.25, 0.3) is 0 Å². The highest BCUT2D eigenvalue weighted by atomic mass is 79.9. The van der Waals surface area contributed by atoms with Crippen LogP contribution in [0.15, 0.2) is 22.9 Å². The van der Waals surface area contributed by atoms with Gasteiger partial charge < -0.3 is 10.2 Å². The predicted octanol–water partition coefficient (Wildman–Crippen LogP) is 2.11. The van der Waals surface area contributed by atoms with Gasteiger partial charge in [-0.2, -0.15) is 0 Å². The third kappa shape index (κ3) is 4.03. The Morgan fingerprint density at radius 2 is 2.10 bits per heavy atom. The van der Waals surface area contributed by atoms with E-state index in [1.807, 2.05) is 26.8 Å². The zero-order valence-corrected chi connectivity index (χ0v) is 14.1. The van der Waals surface area contributed by atoms with Crippen LogP contribution in [0.1, 0.15) is 32.8 Å². The van der Waals surface area contributed by atoms with Crippen molar-refractivity contribution in [2.24, 2.45) is 5.41 Å². The van der Waals surface area contributed by atoms with Crippen LogP contribution in [0.3, 0.4) is 0 Å². The number of rotatable bonds is 2. The number of hydrogen-bond acceptors (Lipinski definition) is 3. The molecule has 2 rings (SSSR count). The molecule has 0 aromatic carbocycles. The van der Waals surface area contributed by atoms with Gasteiger partial charge in [0.25, 0.3) is 0 Å². The SMILES string of the molecule is CC(C)(C)C1NC(=O)CCN(Cc2cncc(Br)c2)C1=O. The van der Waals surface area contributed by atoms with E-state index in [9.17, 15) is 9.59 Å². The molecule has 114 valence electrons. The van der Waals surface area contributed by atoms with Gasteiger partial charge >= 0.3 is 0 Å². The second-order valence-corrected chi connectivity index (χ2v) is 7.30. The van der Waals surface area contributed by atoms with Crippen molar-refractivity contribution >= 4 is 27.7 Å². The maximum Gasteiger partial charge on any atom is 0.246 e. The Kier molecular flexibility index (Phi) is 4.66. The van der Waals surface area contributed by atoms with Crippen LogP contribution >= 0.6 is 15.9 Å². The zero-order chi connectivity index (χ0) is 15.6. The molecule has 1 fully saturated rings. The Bertz CT molecular complexity index is 554. The number of nitrogens with one attached hydrogen (secondary N) is 1. The van der Waals surface area contributed by atoms with Gasteiger partial charge in [0.05, 0.1) is 0 Å². The van der Waals surface area contributed by atoms with E-state index in [1.54, 1.807) is 17.3 Å². The summed E-state index contributed by atoms with van der Waals surface area (Å²) >= 11 is 3.38. The van der Waals surface area contributed by atoms with E-state index in [4.69, 9.17) is 0 Å². The topological polar surface area (TPSA) is 62.3 Å². The van der Waals surface area contributed by atoms with Gasteiger partial charge in [0.15, 0.2) is 0 Å². The largest absolute Gasteiger partial charge is 0.344 e. The predicted molar refractivity (Wildman–Crippen MR) is 83.4 cm³/mol. The molecule has 1 aliphatic heterocycles. The molecular formula is C15H20BrN3O2. The average Bonchev–Trinajstić information content (AvgIpc) is 2.51. The monoisotopic (exact) mass is 353 g/mol. The third-order valence-corrected chi connectivity index (χ3v) is 3.91. The van der Waals surface area contributed by atoms with E-state index in [0.29, 0.717) is 19.5 Å². The van der Waals surface area contributed by atoms with Crippen LogP contribution in [-0.4, -0.2) is 34.3 Å². The van der Waals surface area contributed by atoms with E-state index < -0.39 is 6.04 Å². The molecule has 21 heavy (non-hydrogen) atoms. The van der Waals surface area contributed by atoms with Gasteiger partial charge in [-0.25, -0.2) is 0 Å². The van der Waals surface area contributed by atoms with E-state index in [0.717, 1.165) is 10.0 Å². The summed E-state index contributed by atoms with van der Waals surface area (Å²) in [6.07, 6.45) is 3.78. The minimum atomic E-state index is -0.493. The smallest absolute Gasteiger partial charge is 0.246 e. The Hall–Kier alpha value is -1.43. The fraction of sp³-hybridized carbons (Fsp3) is 0.533. The van der Waals surface area contributed by atoms with Gasteiger partial charge in [-0.1, -0.05) is 20.8 Å². The lowest BCUT2D eigenvalue weighted by molar-refractivity contribution is -0.136. The van der Waals surface area contributed by atoms with Crippen molar-refractivity contribution in [3.05, 3.63) is 28.5 Å². The first-order chi connectivity index (χ1) is 9.77. The number of pyridine rings is 1. The molecule has 1 atom stereocenters. The molecule has 1 N–H and O–H groups in total. The molecule has 1 aromatic heterocycles. The number of halogens is 1. The van der Waals surface area contributed by atoms with Crippen LogP contribution in [0, 0.1) is 5.41 Å². The Balaban J connectivity index is 2.21. The highest BCUT2D eigenvalue weighted by Gasteiger charge is 2.37. The lowest BCUT2D eigenvalue weighted by atomic mass is 9.86. The molecule has 0 aliphatic carbocycles. The van der Waals surface area contributed by atoms with Crippen molar-refractivity contribution < 1.29 is 9.59 Å². The molecule has 0 spiro atoms. The zero-order valence-electron chi connectivity index (χ0n) is 12.5. The number of nitrogens with zero attached hydrogens (tertiary/aromatic N) is 2. The molecule has 2 amide bonds. The normalized spacial score (nSPS) is 20.2. The first kappa shape index (κ1) is 15.9. The second-order valence-electron chi connectivity index (χ2n) is 6.39. The lowest BCUT2D eigenvalue weighted by Gasteiger charge is -2.32. The van der Waals surface area contributed by atoms with Crippen molar-refractivity contribution in [2.75, 3.05) is 6.54 Å².